The number of nitrogens with two attached hydrogens (primary N) is 1. The quantitative estimate of drug-likeness (QED) is 0.220. The Labute approximate surface area is 213 Å². The summed E-state index contributed by atoms with van der Waals surface area (Å²) in [5.74, 6) is 0.875. The first-order valence-electron chi connectivity index (χ1n) is 12.2. The van der Waals surface area contributed by atoms with Gasteiger partial charge in [0.1, 0.15) is 11.9 Å². The molecule has 8 heteroatoms. The first kappa shape index (κ1) is 27.5. The Kier molecular flexibility index (Phi) is 9.73. The molecule has 0 saturated carbocycles. The van der Waals surface area contributed by atoms with Crippen LogP contribution in [-0.4, -0.2) is 31.1 Å². The lowest BCUT2D eigenvalue weighted by atomic mass is 9.77. The van der Waals surface area contributed by atoms with Crippen molar-refractivity contribution in [1.82, 2.24) is 14.8 Å². The lowest BCUT2D eigenvalue weighted by Gasteiger charge is -2.36. The van der Waals surface area contributed by atoms with Crippen LogP contribution in [0.4, 0.5) is 0 Å². The summed E-state index contributed by atoms with van der Waals surface area (Å²) >= 11 is 0. The first-order valence-corrected chi connectivity index (χ1v) is 13.5. The maximum atomic E-state index is 8.74. The van der Waals surface area contributed by atoms with Crippen LogP contribution in [0.25, 0.3) is 0 Å². The summed E-state index contributed by atoms with van der Waals surface area (Å²) in [7, 11) is -3.13. The fourth-order valence-electron chi connectivity index (χ4n) is 4.91. The van der Waals surface area contributed by atoms with Gasteiger partial charge in [-0.25, -0.2) is 9.67 Å². The van der Waals surface area contributed by atoms with Gasteiger partial charge >= 0.3 is 8.25 Å². The molecule has 0 atom stereocenters. The van der Waals surface area contributed by atoms with Gasteiger partial charge in [0.2, 0.25) is 0 Å². The van der Waals surface area contributed by atoms with E-state index in [-0.39, 0.29) is 5.41 Å². The van der Waals surface area contributed by atoms with Crippen LogP contribution in [-0.2, 0) is 15.5 Å². The van der Waals surface area contributed by atoms with Crippen LogP contribution in [0.2, 0.25) is 0 Å². The number of benzene rings is 3. The van der Waals surface area contributed by atoms with Gasteiger partial charge in [0.15, 0.2) is 5.82 Å². The number of hydrogen-bond donors (Lipinski definition) is 3. The van der Waals surface area contributed by atoms with E-state index in [2.05, 4.69) is 110 Å². The lowest BCUT2D eigenvalue weighted by Crippen LogP contribution is -2.39. The molecular formula is C28H35N4O3P. The van der Waals surface area contributed by atoms with Crippen molar-refractivity contribution in [1.29, 1.82) is 0 Å². The second-order valence-corrected chi connectivity index (χ2v) is 9.20. The van der Waals surface area contributed by atoms with Gasteiger partial charge in [-0.3, -0.25) is 4.57 Å². The molecule has 0 radical (unpaired) electrons. The summed E-state index contributed by atoms with van der Waals surface area (Å²) in [5.41, 5.74) is 8.69. The molecule has 0 saturated heterocycles. The summed E-state index contributed by atoms with van der Waals surface area (Å²) in [5, 5.41) is 5.19. The van der Waals surface area contributed by atoms with Crippen molar-refractivity contribution in [3.8, 4) is 0 Å². The smallest absolute Gasteiger partial charge is 0.314 e. The van der Waals surface area contributed by atoms with Crippen LogP contribution in [0.5, 0.6) is 0 Å². The summed E-state index contributed by atoms with van der Waals surface area (Å²) < 4.78 is 10.8. The Balaban J connectivity index is 0.000000840. The van der Waals surface area contributed by atoms with Crippen LogP contribution in [0.15, 0.2) is 97.3 Å². The largest absolute Gasteiger partial charge is 0.330 e. The first-order chi connectivity index (χ1) is 17.4. The van der Waals surface area contributed by atoms with Crippen molar-refractivity contribution in [2.45, 2.75) is 44.1 Å². The zero-order chi connectivity index (χ0) is 26.0. The second-order valence-electron chi connectivity index (χ2n) is 8.63. The van der Waals surface area contributed by atoms with Gasteiger partial charge in [0, 0.05) is 5.41 Å². The van der Waals surface area contributed by atoms with Gasteiger partial charge in [-0.15, -0.1) is 0 Å². The van der Waals surface area contributed by atoms with E-state index in [1.807, 2.05) is 6.33 Å². The molecule has 0 aliphatic carbocycles. The highest BCUT2D eigenvalue weighted by Gasteiger charge is 2.41. The van der Waals surface area contributed by atoms with E-state index in [0.29, 0.717) is 6.54 Å². The minimum absolute atomic E-state index is 0.115. The molecule has 0 aliphatic heterocycles. The van der Waals surface area contributed by atoms with E-state index in [1.54, 1.807) is 0 Å². The molecular weight excluding hydrogens is 471 g/mol. The van der Waals surface area contributed by atoms with Gasteiger partial charge in [0.25, 0.3) is 0 Å². The second kappa shape index (κ2) is 12.7. The minimum atomic E-state index is -3.13. The van der Waals surface area contributed by atoms with Crippen molar-refractivity contribution in [2.75, 3.05) is 6.54 Å². The monoisotopic (exact) mass is 506 g/mol. The molecule has 0 amide bonds. The molecule has 4 rings (SSSR count). The topological polar surface area (TPSA) is 114 Å². The summed E-state index contributed by atoms with van der Waals surface area (Å²) in [6.45, 7) is 5.04. The predicted octanol–water partition coefficient (Wildman–Crippen LogP) is 4.89. The van der Waals surface area contributed by atoms with Crippen molar-refractivity contribution in [3.63, 3.8) is 0 Å². The molecule has 36 heavy (non-hydrogen) atoms. The molecule has 3 aromatic carbocycles. The van der Waals surface area contributed by atoms with Crippen molar-refractivity contribution in [2.24, 2.45) is 5.73 Å². The Morgan fingerprint density at radius 2 is 1.19 bits per heavy atom. The van der Waals surface area contributed by atoms with Crippen LogP contribution in [0.1, 0.15) is 55.6 Å². The molecule has 4 aromatic rings. The molecule has 0 unspecified atom stereocenters. The zero-order valence-electron chi connectivity index (χ0n) is 20.8. The van der Waals surface area contributed by atoms with Gasteiger partial charge in [-0.05, 0) is 42.5 Å². The van der Waals surface area contributed by atoms with Crippen LogP contribution in [0.3, 0.4) is 0 Å². The minimum Gasteiger partial charge on any atom is -0.330 e. The normalized spacial score (nSPS) is 11.7. The van der Waals surface area contributed by atoms with Crippen molar-refractivity contribution in [3.05, 3.63) is 120 Å². The van der Waals surface area contributed by atoms with Gasteiger partial charge in [-0.2, -0.15) is 5.10 Å². The third-order valence-electron chi connectivity index (χ3n) is 6.86. The van der Waals surface area contributed by atoms with Crippen LogP contribution in [0, 0.1) is 0 Å². The molecule has 1 aromatic heterocycles. The lowest BCUT2D eigenvalue weighted by molar-refractivity contribution is 0.341. The Morgan fingerprint density at radius 3 is 1.53 bits per heavy atom. The van der Waals surface area contributed by atoms with E-state index < -0.39 is 13.8 Å². The molecule has 0 bridgehead atoms. The van der Waals surface area contributed by atoms with E-state index >= 15 is 0 Å². The maximum absolute atomic E-state index is 8.74. The molecule has 0 aliphatic rings. The molecule has 7 nitrogen and oxygen atoms in total. The zero-order valence-corrected chi connectivity index (χ0v) is 21.8. The molecule has 190 valence electrons. The Bertz CT molecular complexity index is 1110. The SMILES string of the molecule is CCC(CC)(CCN)c1ncn(C(c2ccccc2)(c2ccccc2)c2ccccc2)n1.O=[PH](O)O. The maximum Gasteiger partial charge on any atom is 0.314 e. The van der Waals surface area contributed by atoms with E-state index in [1.165, 1.54) is 0 Å². The molecule has 4 N–H and O–H groups in total. The van der Waals surface area contributed by atoms with E-state index in [9.17, 15) is 0 Å². The highest BCUT2D eigenvalue weighted by atomic mass is 31.1. The fourth-order valence-corrected chi connectivity index (χ4v) is 4.91. The predicted molar refractivity (Wildman–Crippen MR) is 144 cm³/mol. The standard InChI is InChI=1S/C28H32N4.H3O3P/c1-3-27(4-2,20-21-29)26-30-22-32(31-26)28(23-14-8-5-9-15-23,24-16-10-6-11-17-24)25-18-12-7-13-19-25;1-4(2)3/h5-19,22H,3-4,20-21,29H2,1-2H3;4H,(H2,1,2,3). The summed E-state index contributed by atoms with van der Waals surface area (Å²) in [6, 6.07) is 31.7. The van der Waals surface area contributed by atoms with Crippen molar-refractivity contribution >= 4 is 8.25 Å². The third-order valence-corrected chi connectivity index (χ3v) is 6.86. The molecule has 0 fully saturated rings. The highest BCUT2D eigenvalue weighted by molar-refractivity contribution is 7.30. The van der Waals surface area contributed by atoms with E-state index in [4.69, 9.17) is 30.2 Å². The van der Waals surface area contributed by atoms with Crippen LogP contribution >= 0.6 is 8.25 Å². The fraction of sp³-hybridized carbons (Fsp3) is 0.286. The highest BCUT2D eigenvalue weighted by Crippen LogP contribution is 2.41. The number of nitrogens with zero attached hydrogens (tertiary/aromatic N) is 3. The van der Waals surface area contributed by atoms with Gasteiger partial charge < -0.3 is 15.5 Å². The number of rotatable bonds is 9. The summed E-state index contributed by atoms with van der Waals surface area (Å²) in [4.78, 5) is 19.2. The summed E-state index contributed by atoms with van der Waals surface area (Å²) in [6.07, 6.45) is 4.69. The average molecular weight is 507 g/mol. The van der Waals surface area contributed by atoms with Gasteiger partial charge in [0.05, 0.1) is 0 Å². The third kappa shape index (κ3) is 5.66. The Hall–Kier alpha value is -3.09. The molecule has 1 heterocycles. The van der Waals surface area contributed by atoms with Crippen molar-refractivity contribution < 1.29 is 14.4 Å². The van der Waals surface area contributed by atoms with Gasteiger partial charge in [-0.1, -0.05) is 105 Å². The Morgan fingerprint density at radius 1 is 0.806 bits per heavy atom. The number of aromatic nitrogens is 3. The van der Waals surface area contributed by atoms with Crippen LogP contribution < -0.4 is 5.73 Å². The van der Waals surface area contributed by atoms with E-state index in [0.717, 1.165) is 41.8 Å². The molecule has 0 spiro atoms. The average Bonchev–Trinajstić information content (AvgIpc) is 3.40. The number of hydrogen-bond acceptors (Lipinski definition) is 4.